The summed E-state index contributed by atoms with van der Waals surface area (Å²) in [6.07, 6.45) is 1.11. The highest BCUT2D eigenvalue weighted by molar-refractivity contribution is 6.32. The number of aromatic nitrogens is 1. The van der Waals surface area contributed by atoms with E-state index in [4.69, 9.17) is 25.8 Å². The summed E-state index contributed by atoms with van der Waals surface area (Å²) in [5.41, 5.74) is 1.10. The maximum Gasteiger partial charge on any atom is 0.312 e. The molecule has 6 rings (SSSR count). The number of esters is 1. The van der Waals surface area contributed by atoms with Crippen LogP contribution in [0.4, 0.5) is 4.39 Å². The molecule has 9 heteroatoms. The summed E-state index contributed by atoms with van der Waals surface area (Å²) in [6, 6.07) is 14.1. The zero-order chi connectivity index (χ0) is 25.8. The normalized spacial score (nSPS) is 17.4. The van der Waals surface area contributed by atoms with Gasteiger partial charge in [0.1, 0.15) is 23.1 Å². The van der Waals surface area contributed by atoms with E-state index in [9.17, 15) is 18.8 Å². The summed E-state index contributed by atoms with van der Waals surface area (Å²) in [6.45, 7) is 0. The van der Waals surface area contributed by atoms with E-state index in [-0.39, 0.29) is 39.8 Å². The van der Waals surface area contributed by atoms with Crippen LogP contribution in [0.1, 0.15) is 39.4 Å². The van der Waals surface area contributed by atoms with Crippen LogP contribution in [-0.4, -0.2) is 23.8 Å². The minimum Gasteiger partial charge on any atom is -0.497 e. The Balaban J connectivity index is 1.50. The number of rotatable bonds is 3. The van der Waals surface area contributed by atoms with Crippen molar-refractivity contribution in [2.24, 2.45) is 0 Å². The maximum atomic E-state index is 14.4. The molecule has 4 aromatic rings. The Labute approximate surface area is 214 Å². The first-order valence-corrected chi connectivity index (χ1v) is 11.7. The number of ether oxygens (including phenoxy) is 3. The average molecular weight is 518 g/mol. The summed E-state index contributed by atoms with van der Waals surface area (Å²) >= 11 is 6.13. The summed E-state index contributed by atoms with van der Waals surface area (Å²) < 4.78 is 31.0. The van der Waals surface area contributed by atoms with Crippen molar-refractivity contribution < 1.29 is 28.2 Å². The fourth-order valence-electron chi connectivity index (χ4n) is 4.73. The van der Waals surface area contributed by atoms with Gasteiger partial charge in [0.05, 0.1) is 29.6 Å². The summed E-state index contributed by atoms with van der Waals surface area (Å²) in [5, 5.41) is 0.850. The van der Waals surface area contributed by atoms with Gasteiger partial charge in [0, 0.05) is 28.7 Å². The lowest BCUT2D eigenvalue weighted by molar-refractivity contribution is -0.135. The Morgan fingerprint density at radius 2 is 1.92 bits per heavy atom. The van der Waals surface area contributed by atoms with Crippen molar-refractivity contribution in [3.8, 4) is 17.2 Å². The molecule has 2 aliphatic rings. The number of hydrogen-bond acceptors (Lipinski definition) is 6. The number of nitrogens with one attached hydrogen (secondary N) is 1. The molecule has 37 heavy (non-hydrogen) atoms. The maximum absolute atomic E-state index is 14.4. The number of methoxy groups -OCH3 is 1. The fourth-order valence-corrected chi connectivity index (χ4v) is 4.95. The Kier molecular flexibility index (Phi) is 5.35. The van der Waals surface area contributed by atoms with E-state index in [1.165, 1.54) is 43.5 Å². The van der Waals surface area contributed by atoms with Crippen LogP contribution >= 0.6 is 11.6 Å². The van der Waals surface area contributed by atoms with Crippen LogP contribution in [0.5, 0.6) is 17.2 Å². The van der Waals surface area contributed by atoms with Crippen molar-refractivity contribution in [2.75, 3.05) is 7.11 Å². The highest BCUT2D eigenvalue weighted by atomic mass is 35.5. The lowest BCUT2D eigenvalue weighted by atomic mass is 9.85. The van der Waals surface area contributed by atoms with Crippen molar-refractivity contribution in [3.05, 3.63) is 104 Å². The Morgan fingerprint density at radius 3 is 2.70 bits per heavy atom. The van der Waals surface area contributed by atoms with E-state index >= 15 is 0 Å². The minimum absolute atomic E-state index is 0.0126. The van der Waals surface area contributed by atoms with Crippen molar-refractivity contribution in [2.45, 2.75) is 12.3 Å². The predicted octanol–water partition coefficient (Wildman–Crippen LogP) is 5.39. The molecule has 0 saturated heterocycles. The number of pyridine rings is 1. The summed E-state index contributed by atoms with van der Waals surface area (Å²) in [4.78, 5) is 41.7. The lowest BCUT2D eigenvalue weighted by Gasteiger charge is -2.26. The number of aromatic amines is 1. The monoisotopic (exact) mass is 517 g/mol. The third-order valence-electron chi connectivity index (χ3n) is 6.51. The molecule has 0 aliphatic carbocycles. The van der Waals surface area contributed by atoms with Crippen molar-refractivity contribution in [3.63, 3.8) is 0 Å². The van der Waals surface area contributed by atoms with Crippen LogP contribution in [-0.2, 0) is 4.79 Å². The van der Waals surface area contributed by atoms with Gasteiger partial charge >= 0.3 is 5.97 Å². The van der Waals surface area contributed by atoms with E-state index in [1.54, 1.807) is 24.3 Å². The van der Waals surface area contributed by atoms with Crippen LogP contribution < -0.4 is 19.8 Å². The van der Waals surface area contributed by atoms with Crippen molar-refractivity contribution in [1.29, 1.82) is 0 Å². The molecule has 1 N–H and O–H groups in total. The molecule has 0 radical (unpaired) electrons. The molecule has 0 saturated carbocycles. The number of Topliss-reactive ketones (excluding diaryl/α,β-unsaturated/α-hetero) is 1. The van der Waals surface area contributed by atoms with Crippen molar-refractivity contribution in [1.82, 2.24) is 4.98 Å². The molecule has 0 bridgehead atoms. The molecule has 1 atom stereocenters. The molecular weight excluding hydrogens is 501 g/mol. The molecule has 0 amide bonds. The van der Waals surface area contributed by atoms with Gasteiger partial charge in [-0.15, -0.1) is 0 Å². The van der Waals surface area contributed by atoms with Gasteiger partial charge in [0.15, 0.2) is 5.76 Å². The van der Waals surface area contributed by atoms with Crippen LogP contribution in [0.25, 0.3) is 17.0 Å². The second kappa shape index (κ2) is 8.60. The topological polar surface area (TPSA) is 94.7 Å². The number of hydrogen-bond donors (Lipinski definition) is 1. The third kappa shape index (κ3) is 3.77. The molecule has 0 unspecified atom stereocenters. The summed E-state index contributed by atoms with van der Waals surface area (Å²) in [7, 11) is 1.53. The number of H-pyrrole nitrogens is 1. The molecular formula is C28H17ClFNO6. The number of halogens is 2. The standard InChI is InChI=1S/C28H17ClFNO6/c1-35-14-6-5-13-9-17(28(34)31-21(13)10-14)16-12-24(32)36-22-8-7-15-26(33)23(37-27(15)25(16)22)11-18-19(29)3-2-4-20(18)30/h2-11,16H,12H2,1H3,(H,31,34)/b23-11+/t16-/m0/s1. The number of benzene rings is 3. The van der Waals surface area contributed by atoms with Crippen LogP contribution in [0.3, 0.4) is 0 Å². The third-order valence-corrected chi connectivity index (χ3v) is 6.84. The molecule has 0 fully saturated rings. The predicted molar refractivity (Wildman–Crippen MR) is 134 cm³/mol. The largest absolute Gasteiger partial charge is 0.497 e. The molecule has 0 spiro atoms. The van der Waals surface area contributed by atoms with E-state index in [1.807, 2.05) is 0 Å². The zero-order valence-corrected chi connectivity index (χ0v) is 20.0. The van der Waals surface area contributed by atoms with E-state index in [2.05, 4.69) is 4.98 Å². The summed E-state index contributed by atoms with van der Waals surface area (Å²) in [5.74, 6) is -1.56. The van der Waals surface area contributed by atoms with Crippen molar-refractivity contribution >= 4 is 40.3 Å². The minimum atomic E-state index is -0.745. The van der Waals surface area contributed by atoms with Crippen LogP contribution in [0, 0.1) is 5.82 Å². The molecule has 3 heterocycles. The van der Waals surface area contributed by atoms with Crippen LogP contribution in [0.15, 0.2) is 65.2 Å². The SMILES string of the molecule is COc1ccc2cc([C@@H]3CC(=O)Oc4ccc5c(c43)O/C(=C/c3c(F)cccc3Cl)C5=O)c(=O)[nH]c2c1. The average Bonchev–Trinajstić information content (AvgIpc) is 3.20. The van der Waals surface area contributed by atoms with Gasteiger partial charge in [0.2, 0.25) is 5.78 Å². The quantitative estimate of drug-likeness (QED) is 0.222. The van der Waals surface area contributed by atoms with Gasteiger partial charge < -0.3 is 19.2 Å². The molecule has 2 aliphatic heterocycles. The molecule has 3 aromatic carbocycles. The first-order valence-electron chi connectivity index (χ1n) is 11.3. The van der Waals surface area contributed by atoms with Gasteiger partial charge in [-0.25, -0.2) is 4.39 Å². The van der Waals surface area contributed by atoms with Gasteiger partial charge in [-0.05, 0) is 53.9 Å². The van der Waals surface area contributed by atoms with Crippen LogP contribution in [0.2, 0.25) is 5.02 Å². The van der Waals surface area contributed by atoms with Gasteiger partial charge in [0.25, 0.3) is 5.56 Å². The lowest BCUT2D eigenvalue weighted by Crippen LogP contribution is -2.26. The van der Waals surface area contributed by atoms with E-state index < -0.39 is 29.0 Å². The number of carbonyl (C=O) groups excluding carboxylic acids is 2. The zero-order valence-electron chi connectivity index (χ0n) is 19.3. The van der Waals surface area contributed by atoms with E-state index in [0.29, 0.717) is 22.4 Å². The van der Waals surface area contributed by atoms with Gasteiger partial charge in [-0.3, -0.25) is 14.4 Å². The number of carbonyl (C=O) groups is 2. The van der Waals surface area contributed by atoms with E-state index in [0.717, 1.165) is 5.39 Å². The highest BCUT2D eigenvalue weighted by Gasteiger charge is 2.39. The highest BCUT2D eigenvalue weighted by Crippen LogP contribution is 2.48. The number of fused-ring (bicyclic) bond motifs is 4. The fraction of sp³-hybridized carbons (Fsp3) is 0.107. The number of allylic oxidation sites excluding steroid dienone is 1. The smallest absolute Gasteiger partial charge is 0.312 e. The Morgan fingerprint density at radius 1 is 1.08 bits per heavy atom. The molecule has 1 aromatic heterocycles. The van der Waals surface area contributed by atoms with Gasteiger partial charge in [-0.2, -0.15) is 0 Å². The first kappa shape index (κ1) is 23.0. The first-order chi connectivity index (χ1) is 17.8. The second-order valence-electron chi connectivity index (χ2n) is 8.67. The molecule has 184 valence electrons. The van der Waals surface area contributed by atoms with Gasteiger partial charge in [-0.1, -0.05) is 17.7 Å². The number of ketones is 1. The Hall–Kier alpha value is -4.43. The second-order valence-corrected chi connectivity index (χ2v) is 9.07. The Bertz CT molecular complexity index is 1720. The molecule has 7 nitrogen and oxygen atoms in total.